The molecule has 24 heavy (non-hydrogen) atoms. The molecule has 3 rings (SSSR count). The van der Waals surface area contributed by atoms with Gasteiger partial charge in [0, 0.05) is 16.8 Å². The second-order valence-electron chi connectivity index (χ2n) is 5.62. The fourth-order valence-corrected chi connectivity index (χ4v) is 2.70. The lowest BCUT2D eigenvalue weighted by Crippen LogP contribution is -2.10. The Kier molecular flexibility index (Phi) is 4.42. The lowest BCUT2D eigenvalue weighted by atomic mass is 9.99. The summed E-state index contributed by atoms with van der Waals surface area (Å²) in [5.74, 6) is -0.108. The lowest BCUT2D eigenvalue weighted by molar-refractivity contribution is 0.189. The van der Waals surface area contributed by atoms with Crippen LogP contribution in [0, 0.1) is 19.7 Å². The number of nitrogens with zero attached hydrogens (tertiary/aromatic N) is 4. The number of hydrogen-bond donors (Lipinski definition) is 0. The Labute approximate surface area is 137 Å². The summed E-state index contributed by atoms with van der Waals surface area (Å²) in [6.45, 7) is 3.73. The third-order valence-electron chi connectivity index (χ3n) is 3.71. The first-order chi connectivity index (χ1) is 11.4. The largest absolute Gasteiger partial charge is 0.280 e. The van der Waals surface area contributed by atoms with E-state index in [0.717, 1.165) is 23.7 Å². The zero-order valence-electron chi connectivity index (χ0n) is 13.2. The number of halogens is 3. The first-order valence-electron chi connectivity index (χ1n) is 7.41. The van der Waals surface area contributed by atoms with E-state index in [1.807, 2.05) is 19.9 Å². The number of allylic oxidation sites excluding steroid dienone is 1. The highest BCUT2D eigenvalue weighted by molar-refractivity contribution is 6.12. The second kappa shape index (κ2) is 6.51. The van der Waals surface area contributed by atoms with Crippen LogP contribution in [0.3, 0.4) is 0 Å². The summed E-state index contributed by atoms with van der Waals surface area (Å²) < 4.78 is 38.7. The molecule has 2 aromatic heterocycles. The molecule has 2 aromatic rings. The molecular formula is C17H15F3N4. The Hall–Kier alpha value is -2.57. The number of aromatic nitrogens is 3. The van der Waals surface area contributed by atoms with Gasteiger partial charge in [0.1, 0.15) is 5.82 Å². The first kappa shape index (κ1) is 16.3. The molecule has 4 nitrogen and oxygen atoms in total. The van der Waals surface area contributed by atoms with Gasteiger partial charge in [0.25, 0.3) is 6.43 Å². The maximum atomic E-state index is 13.0. The van der Waals surface area contributed by atoms with E-state index in [1.165, 1.54) is 6.08 Å². The van der Waals surface area contributed by atoms with E-state index in [2.05, 4.69) is 19.9 Å². The molecule has 0 amide bonds. The minimum absolute atomic E-state index is 0.00560. The molecule has 0 aliphatic carbocycles. The first-order valence-corrected chi connectivity index (χ1v) is 7.41. The van der Waals surface area contributed by atoms with Gasteiger partial charge in [0.2, 0.25) is 0 Å². The zero-order chi connectivity index (χ0) is 17.3. The van der Waals surface area contributed by atoms with Crippen LogP contribution in [0.2, 0.25) is 0 Å². The highest BCUT2D eigenvalue weighted by Crippen LogP contribution is 2.23. The predicted molar refractivity (Wildman–Crippen MR) is 84.0 cm³/mol. The van der Waals surface area contributed by atoms with Crippen LogP contribution < -0.4 is 0 Å². The summed E-state index contributed by atoms with van der Waals surface area (Å²) in [5.41, 5.74) is 3.53. The number of rotatable bonds is 4. The Morgan fingerprint density at radius 3 is 2.50 bits per heavy atom. The maximum Gasteiger partial charge on any atom is 0.262 e. The molecule has 0 saturated carbocycles. The molecule has 124 valence electrons. The number of aryl methyl sites for hydroxylation is 2. The lowest BCUT2D eigenvalue weighted by Gasteiger charge is -2.12. The van der Waals surface area contributed by atoms with E-state index in [9.17, 15) is 13.2 Å². The Morgan fingerprint density at radius 2 is 1.88 bits per heavy atom. The molecule has 3 heterocycles. The summed E-state index contributed by atoms with van der Waals surface area (Å²) >= 11 is 0. The highest BCUT2D eigenvalue weighted by Gasteiger charge is 2.22. The maximum absolute atomic E-state index is 13.0. The SMILES string of the molecule is Cc1cc(C)c(C2=NCC(C(F)F)=C2)c(Cc2ncc(F)cn2)n1. The van der Waals surface area contributed by atoms with Crippen molar-refractivity contribution in [1.29, 1.82) is 0 Å². The van der Waals surface area contributed by atoms with Crippen LogP contribution in [0.15, 0.2) is 35.1 Å². The van der Waals surface area contributed by atoms with Crippen LogP contribution in [-0.4, -0.2) is 33.6 Å². The molecule has 0 bridgehead atoms. The third-order valence-corrected chi connectivity index (χ3v) is 3.71. The van der Waals surface area contributed by atoms with E-state index < -0.39 is 12.2 Å². The van der Waals surface area contributed by atoms with Crippen molar-refractivity contribution in [3.63, 3.8) is 0 Å². The molecule has 0 N–H and O–H groups in total. The monoisotopic (exact) mass is 332 g/mol. The minimum Gasteiger partial charge on any atom is -0.280 e. The van der Waals surface area contributed by atoms with Gasteiger partial charge in [-0.15, -0.1) is 0 Å². The van der Waals surface area contributed by atoms with E-state index in [0.29, 0.717) is 22.8 Å². The third kappa shape index (κ3) is 3.34. The molecule has 1 aliphatic heterocycles. The van der Waals surface area contributed by atoms with Crippen LogP contribution >= 0.6 is 0 Å². The summed E-state index contributed by atoms with van der Waals surface area (Å²) in [7, 11) is 0. The highest BCUT2D eigenvalue weighted by atomic mass is 19.3. The molecule has 0 saturated heterocycles. The van der Waals surface area contributed by atoms with Crippen LogP contribution in [0.4, 0.5) is 13.2 Å². The Bertz CT molecular complexity index is 826. The van der Waals surface area contributed by atoms with Crippen molar-refractivity contribution in [3.8, 4) is 0 Å². The molecule has 7 heteroatoms. The zero-order valence-corrected chi connectivity index (χ0v) is 13.2. The second-order valence-corrected chi connectivity index (χ2v) is 5.62. The van der Waals surface area contributed by atoms with Gasteiger partial charge < -0.3 is 0 Å². The fourth-order valence-electron chi connectivity index (χ4n) is 2.70. The Morgan fingerprint density at radius 1 is 1.17 bits per heavy atom. The van der Waals surface area contributed by atoms with Crippen molar-refractivity contribution in [2.75, 3.05) is 6.54 Å². The van der Waals surface area contributed by atoms with Gasteiger partial charge in [-0.25, -0.2) is 23.1 Å². The number of aliphatic imine (C=N–C) groups is 1. The van der Waals surface area contributed by atoms with Gasteiger partial charge in [0.05, 0.1) is 36.8 Å². The Balaban J connectivity index is 2.01. The fraction of sp³-hybridized carbons (Fsp3) is 0.294. The van der Waals surface area contributed by atoms with Gasteiger partial charge in [-0.3, -0.25) is 9.98 Å². The molecule has 0 spiro atoms. The van der Waals surface area contributed by atoms with Crippen molar-refractivity contribution in [2.45, 2.75) is 26.7 Å². The minimum atomic E-state index is -2.52. The smallest absolute Gasteiger partial charge is 0.262 e. The summed E-state index contributed by atoms with van der Waals surface area (Å²) in [6.07, 6.45) is 1.35. The quantitative estimate of drug-likeness (QED) is 0.864. The standard InChI is InChI=1S/C17H15F3N4/c1-9-3-10(2)24-14(5-15-22-7-12(18)8-23-15)16(9)13-4-11(6-21-13)17(19)20/h3-4,7-8,17H,5-6H2,1-2H3. The molecule has 0 radical (unpaired) electrons. The van der Waals surface area contributed by atoms with Crippen molar-refractivity contribution < 1.29 is 13.2 Å². The molecule has 0 unspecified atom stereocenters. The predicted octanol–water partition coefficient (Wildman–Crippen LogP) is 3.21. The number of alkyl halides is 2. The molecule has 0 atom stereocenters. The van der Waals surface area contributed by atoms with E-state index in [4.69, 9.17) is 0 Å². The topological polar surface area (TPSA) is 51.0 Å². The van der Waals surface area contributed by atoms with Gasteiger partial charge in [-0.05, 0) is 31.6 Å². The van der Waals surface area contributed by atoms with Crippen LogP contribution in [-0.2, 0) is 6.42 Å². The van der Waals surface area contributed by atoms with E-state index in [-0.39, 0.29) is 18.5 Å². The summed E-state index contributed by atoms with van der Waals surface area (Å²) in [5, 5.41) is 0. The van der Waals surface area contributed by atoms with E-state index >= 15 is 0 Å². The summed E-state index contributed by atoms with van der Waals surface area (Å²) in [4.78, 5) is 16.6. The number of hydrogen-bond acceptors (Lipinski definition) is 4. The number of pyridine rings is 1. The molecule has 0 aromatic carbocycles. The van der Waals surface area contributed by atoms with Gasteiger partial charge in [-0.2, -0.15) is 0 Å². The van der Waals surface area contributed by atoms with Crippen LogP contribution in [0.25, 0.3) is 0 Å². The van der Waals surface area contributed by atoms with Gasteiger partial charge in [0.15, 0.2) is 5.82 Å². The van der Waals surface area contributed by atoms with E-state index in [1.54, 1.807) is 0 Å². The van der Waals surface area contributed by atoms with Crippen LogP contribution in [0.5, 0.6) is 0 Å². The van der Waals surface area contributed by atoms with Gasteiger partial charge >= 0.3 is 0 Å². The van der Waals surface area contributed by atoms with Crippen molar-refractivity contribution in [2.24, 2.45) is 4.99 Å². The van der Waals surface area contributed by atoms with Crippen molar-refractivity contribution >= 4 is 5.71 Å². The molecular weight excluding hydrogens is 317 g/mol. The van der Waals surface area contributed by atoms with Gasteiger partial charge in [-0.1, -0.05) is 0 Å². The average molecular weight is 332 g/mol. The average Bonchev–Trinajstić information content (AvgIpc) is 2.99. The van der Waals surface area contributed by atoms with Crippen LogP contribution in [0.1, 0.15) is 28.3 Å². The molecule has 1 aliphatic rings. The normalized spacial score (nSPS) is 14.1. The van der Waals surface area contributed by atoms with Crippen molar-refractivity contribution in [1.82, 2.24) is 15.0 Å². The molecule has 0 fully saturated rings. The van der Waals surface area contributed by atoms with Crippen molar-refractivity contribution in [3.05, 3.63) is 64.3 Å². The summed E-state index contributed by atoms with van der Waals surface area (Å²) in [6, 6.07) is 1.88.